The van der Waals surface area contributed by atoms with E-state index in [0.29, 0.717) is 18.5 Å². The van der Waals surface area contributed by atoms with E-state index in [1.165, 1.54) is 6.07 Å². The number of hydrogen-bond donors (Lipinski definition) is 2. The van der Waals surface area contributed by atoms with Crippen molar-refractivity contribution in [2.75, 3.05) is 6.54 Å². The Kier molecular flexibility index (Phi) is 5.10. The van der Waals surface area contributed by atoms with Gasteiger partial charge in [0.25, 0.3) is 0 Å². The predicted molar refractivity (Wildman–Crippen MR) is 65.9 cm³/mol. The van der Waals surface area contributed by atoms with E-state index in [4.69, 9.17) is 5.73 Å². The molecule has 0 aliphatic heterocycles. The summed E-state index contributed by atoms with van der Waals surface area (Å²) in [6.07, 6.45) is 0.399. The van der Waals surface area contributed by atoms with E-state index in [1.807, 2.05) is 6.92 Å². The quantitative estimate of drug-likeness (QED) is 0.816. The van der Waals surface area contributed by atoms with Crippen LogP contribution in [0.25, 0.3) is 0 Å². The van der Waals surface area contributed by atoms with Gasteiger partial charge in [0.2, 0.25) is 5.91 Å². The van der Waals surface area contributed by atoms with Gasteiger partial charge in [-0.2, -0.15) is 0 Å². The maximum Gasteiger partial charge on any atom is 0.223 e. The lowest BCUT2D eigenvalue weighted by molar-refractivity contribution is -0.125. The molecule has 0 saturated carbocycles. The first kappa shape index (κ1) is 13.6. The van der Waals surface area contributed by atoms with Crippen molar-refractivity contribution in [3.8, 4) is 0 Å². The predicted octanol–water partition coefficient (Wildman–Crippen LogP) is 1.47. The first-order chi connectivity index (χ1) is 8.04. The summed E-state index contributed by atoms with van der Waals surface area (Å²) in [5, 5.41) is 2.78. The van der Waals surface area contributed by atoms with Crippen LogP contribution in [-0.4, -0.2) is 18.5 Å². The van der Waals surface area contributed by atoms with Crippen molar-refractivity contribution < 1.29 is 9.18 Å². The molecule has 1 aromatic carbocycles. The standard InChI is InChI=1S/C13H19FN2O/c1-9(13(17)16-10(2)8-15)7-11-5-3-4-6-12(11)14/h3-6,9-10H,7-8,15H2,1-2H3,(H,16,17)/t9?,10-/m0/s1. The van der Waals surface area contributed by atoms with Crippen LogP contribution >= 0.6 is 0 Å². The maximum atomic E-state index is 13.4. The summed E-state index contributed by atoms with van der Waals surface area (Å²) in [7, 11) is 0. The van der Waals surface area contributed by atoms with Gasteiger partial charge >= 0.3 is 0 Å². The number of nitrogens with two attached hydrogens (primary N) is 1. The summed E-state index contributed by atoms with van der Waals surface area (Å²) < 4.78 is 13.4. The topological polar surface area (TPSA) is 55.1 Å². The number of halogens is 1. The number of benzene rings is 1. The van der Waals surface area contributed by atoms with E-state index in [2.05, 4.69) is 5.32 Å². The van der Waals surface area contributed by atoms with Gasteiger partial charge in [0.15, 0.2) is 0 Å². The van der Waals surface area contributed by atoms with Gasteiger partial charge in [-0.25, -0.2) is 4.39 Å². The van der Waals surface area contributed by atoms with E-state index >= 15 is 0 Å². The number of hydrogen-bond acceptors (Lipinski definition) is 2. The average molecular weight is 238 g/mol. The van der Waals surface area contributed by atoms with Crippen LogP contribution in [-0.2, 0) is 11.2 Å². The highest BCUT2D eigenvalue weighted by molar-refractivity contribution is 5.78. The van der Waals surface area contributed by atoms with Crippen LogP contribution in [0.3, 0.4) is 0 Å². The Morgan fingerprint density at radius 3 is 2.65 bits per heavy atom. The molecule has 17 heavy (non-hydrogen) atoms. The molecule has 0 aliphatic rings. The maximum absolute atomic E-state index is 13.4. The average Bonchev–Trinajstić information content (AvgIpc) is 2.31. The summed E-state index contributed by atoms with van der Waals surface area (Å²) >= 11 is 0. The Hall–Kier alpha value is -1.42. The fourth-order valence-electron chi connectivity index (χ4n) is 1.53. The minimum Gasteiger partial charge on any atom is -0.352 e. The fourth-order valence-corrected chi connectivity index (χ4v) is 1.53. The van der Waals surface area contributed by atoms with Gasteiger partial charge < -0.3 is 11.1 Å². The molecule has 3 nitrogen and oxygen atoms in total. The summed E-state index contributed by atoms with van der Waals surface area (Å²) in [5.74, 6) is -0.619. The zero-order valence-corrected chi connectivity index (χ0v) is 10.2. The highest BCUT2D eigenvalue weighted by Crippen LogP contribution is 2.12. The van der Waals surface area contributed by atoms with Crippen LogP contribution in [0.5, 0.6) is 0 Å². The monoisotopic (exact) mass is 238 g/mol. The van der Waals surface area contributed by atoms with Crippen LogP contribution in [0.4, 0.5) is 4.39 Å². The molecule has 1 rings (SSSR count). The largest absolute Gasteiger partial charge is 0.352 e. The lowest BCUT2D eigenvalue weighted by Crippen LogP contribution is -2.41. The van der Waals surface area contributed by atoms with E-state index < -0.39 is 0 Å². The summed E-state index contributed by atoms with van der Waals surface area (Å²) in [4.78, 5) is 11.7. The minimum atomic E-state index is -0.265. The minimum absolute atomic E-state index is 0.0504. The molecule has 1 aromatic rings. The second-order valence-electron chi connectivity index (χ2n) is 4.34. The lowest BCUT2D eigenvalue weighted by atomic mass is 9.99. The smallest absolute Gasteiger partial charge is 0.223 e. The molecule has 94 valence electrons. The third kappa shape index (κ3) is 4.15. The molecule has 0 saturated heterocycles. The van der Waals surface area contributed by atoms with Crippen molar-refractivity contribution in [1.29, 1.82) is 0 Å². The number of rotatable bonds is 5. The second kappa shape index (κ2) is 6.35. The SMILES string of the molecule is CC(Cc1ccccc1F)C(=O)N[C@@H](C)CN. The van der Waals surface area contributed by atoms with Crippen molar-refractivity contribution in [2.45, 2.75) is 26.3 Å². The highest BCUT2D eigenvalue weighted by Gasteiger charge is 2.16. The van der Waals surface area contributed by atoms with E-state index in [1.54, 1.807) is 25.1 Å². The van der Waals surface area contributed by atoms with Gasteiger partial charge in [0, 0.05) is 18.5 Å². The Morgan fingerprint density at radius 2 is 2.06 bits per heavy atom. The van der Waals surface area contributed by atoms with Crippen LogP contribution < -0.4 is 11.1 Å². The molecule has 0 fully saturated rings. The Balaban J connectivity index is 2.57. The molecule has 4 heteroatoms. The molecule has 3 N–H and O–H groups in total. The van der Waals surface area contributed by atoms with E-state index in [-0.39, 0.29) is 23.7 Å². The van der Waals surface area contributed by atoms with Crippen molar-refractivity contribution in [3.05, 3.63) is 35.6 Å². The Bertz CT molecular complexity index is 381. The van der Waals surface area contributed by atoms with Crippen molar-refractivity contribution in [2.24, 2.45) is 11.7 Å². The number of carbonyl (C=O) groups excluding carboxylic acids is 1. The molecule has 0 heterocycles. The van der Waals surface area contributed by atoms with Crippen molar-refractivity contribution in [3.63, 3.8) is 0 Å². The highest BCUT2D eigenvalue weighted by atomic mass is 19.1. The number of amides is 1. The lowest BCUT2D eigenvalue weighted by Gasteiger charge is -2.16. The normalized spacial score (nSPS) is 14.1. The third-order valence-electron chi connectivity index (χ3n) is 2.67. The molecular formula is C13H19FN2O. The molecule has 2 atom stereocenters. The number of carbonyl (C=O) groups is 1. The van der Waals surface area contributed by atoms with Crippen molar-refractivity contribution >= 4 is 5.91 Å². The third-order valence-corrected chi connectivity index (χ3v) is 2.67. The molecule has 1 unspecified atom stereocenters. The molecule has 0 spiro atoms. The Labute approximate surface area is 101 Å². The molecular weight excluding hydrogens is 219 g/mol. The van der Waals surface area contributed by atoms with Gasteiger partial charge in [0.05, 0.1) is 0 Å². The van der Waals surface area contributed by atoms with E-state index in [0.717, 1.165) is 0 Å². The molecule has 0 aliphatic carbocycles. The summed E-state index contributed by atoms with van der Waals surface area (Å²) in [5.41, 5.74) is 5.99. The second-order valence-corrected chi connectivity index (χ2v) is 4.34. The molecule has 0 radical (unpaired) electrons. The molecule has 0 bridgehead atoms. The fraction of sp³-hybridized carbons (Fsp3) is 0.462. The van der Waals surface area contributed by atoms with Crippen LogP contribution in [0, 0.1) is 11.7 Å². The molecule has 1 amide bonds. The first-order valence-electron chi connectivity index (χ1n) is 5.78. The Morgan fingerprint density at radius 1 is 1.41 bits per heavy atom. The van der Waals surface area contributed by atoms with Crippen molar-refractivity contribution in [1.82, 2.24) is 5.32 Å². The number of nitrogens with one attached hydrogen (secondary N) is 1. The zero-order chi connectivity index (χ0) is 12.8. The summed E-state index contributed by atoms with van der Waals surface area (Å²) in [6, 6.07) is 6.46. The van der Waals surface area contributed by atoms with Crippen LogP contribution in [0.1, 0.15) is 19.4 Å². The zero-order valence-electron chi connectivity index (χ0n) is 10.2. The summed E-state index contributed by atoms with van der Waals surface area (Å²) in [6.45, 7) is 4.02. The van der Waals surface area contributed by atoms with Gasteiger partial charge in [-0.05, 0) is 25.0 Å². The van der Waals surface area contributed by atoms with Gasteiger partial charge in [-0.3, -0.25) is 4.79 Å². The first-order valence-corrected chi connectivity index (χ1v) is 5.78. The van der Waals surface area contributed by atoms with E-state index in [9.17, 15) is 9.18 Å². The molecule has 0 aromatic heterocycles. The van der Waals surface area contributed by atoms with Crippen LogP contribution in [0.15, 0.2) is 24.3 Å². The van der Waals surface area contributed by atoms with Crippen LogP contribution in [0.2, 0.25) is 0 Å². The van der Waals surface area contributed by atoms with Gasteiger partial charge in [-0.1, -0.05) is 25.1 Å². The van der Waals surface area contributed by atoms with Gasteiger partial charge in [0.1, 0.15) is 5.82 Å². The van der Waals surface area contributed by atoms with Gasteiger partial charge in [-0.15, -0.1) is 0 Å².